The Balaban J connectivity index is 1.57. The van der Waals surface area contributed by atoms with Crippen LogP contribution in [-0.2, 0) is 73.5 Å². The first-order valence-corrected chi connectivity index (χ1v) is 33.8. The summed E-state index contributed by atoms with van der Waals surface area (Å²) in [6, 6.07) is -16.5. The average Bonchev–Trinajstić information content (AvgIpc) is 2.58. The van der Waals surface area contributed by atoms with Crippen LogP contribution in [0.1, 0.15) is 78.3 Å². The minimum Gasteiger partial charge on any atom is -0.480 e. The summed E-state index contributed by atoms with van der Waals surface area (Å²) in [6.45, 7) is 4.17. The Morgan fingerprint density at radius 3 is 1.98 bits per heavy atom. The van der Waals surface area contributed by atoms with Gasteiger partial charge in [0.25, 0.3) is 0 Å². The van der Waals surface area contributed by atoms with Gasteiger partial charge in [0, 0.05) is 54.3 Å². The third-order valence-corrected chi connectivity index (χ3v) is 19.2. The number of carboxylic acid groups (broad SMARTS) is 1. The van der Waals surface area contributed by atoms with Gasteiger partial charge in [0.2, 0.25) is 76.8 Å². The first kappa shape index (κ1) is 72.8. The van der Waals surface area contributed by atoms with E-state index in [1.807, 2.05) is 0 Å². The maximum atomic E-state index is 14.8. The predicted molar refractivity (Wildman–Crippen MR) is 325 cm³/mol. The van der Waals surface area contributed by atoms with E-state index < -0.39 is 187 Å². The molecule has 13 amide bonds. The van der Waals surface area contributed by atoms with E-state index in [2.05, 4.69) is 73.8 Å². The van der Waals surface area contributed by atoms with Crippen LogP contribution in [0.15, 0.2) is 12.5 Å². The quantitative estimate of drug-likeness (QED) is 0.0509. The molecule has 4 saturated heterocycles. The molecule has 0 radical (unpaired) electrons. The third kappa shape index (κ3) is 22.8. The fourth-order valence-electron chi connectivity index (χ4n) is 9.48. The number of nitrogens with one attached hydrogen (secondary N) is 13. The molecule has 12 atom stereocenters. The molecule has 0 spiro atoms. The van der Waals surface area contributed by atoms with Gasteiger partial charge in [-0.15, -0.1) is 0 Å². The van der Waals surface area contributed by atoms with Crippen molar-refractivity contribution >= 4 is 126 Å². The van der Waals surface area contributed by atoms with Crippen molar-refractivity contribution < 1.29 is 82.4 Å². The van der Waals surface area contributed by atoms with Crippen LogP contribution in [0.5, 0.6) is 0 Å². The first-order valence-electron chi connectivity index (χ1n) is 28.8. The van der Waals surface area contributed by atoms with Crippen molar-refractivity contribution in [3.63, 3.8) is 0 Å². The van der Waals surface area contributed by atoms with E-state index in [9.17, 15) is 82.4 Å². The van der Waals surface area contributed by atoms with E-state index in [1.54, 1.807) is 27.7 Å². The van der Waals surface area contributed by atoms with Crippen LogP contribution in [0.3, 0.4) is 0 Å². The van der Waals surface area contributed by atoms with Gasteiger partial charge in [-0.1, -0.05) is 70.9 Å². The summed E-state index contributed by atoms with van der Waals surface area (Å²) in [4.78, 5) is 201. The normalized spacial score (nSPS) is 27.4. The summed E-state index contributed by atoms with van der Waals surface area (Å²) in [7, 11) is 3.44. The van der Waals surface area contributed by atoms with Crippen molar-refractivity contribution in [1.29, 1.82) is 0 Å². The van der Waals surface area contributed by atoms with Gasteiger partial charge in [-0.25, -0.2) is 9.78 Å². The second kappa shape index (κ2) is 36.1. The molecule has 0 aliphatic carbocycles. The van der Waals surface area contributed by atoms with Gasteiger partial charge in [-0.3, -0.25) is 62.3 Å². The van der Waals surface area contributed by atoms with Crippen LogP contribution in [0.25, 0.3) is 0 Å². The first-order chi connectivity index (χ1) is 42.3. The molecular formula is C52H80N16O17S4. The van der Waals surface area contributed by atoms with Gasteiger partial charge in [0.05, 0.1) is 32.1 Å². The van der Waals surface area contributed by atoms with Crippen LogP contribution in [0.2, 0.25) is 0 Å². The number of hydrogen-bond acceptors (Lipinski definition) is 22. The number of carbonyl (C=O) groups is 14. The minimum absolute atomic E-state index is 0.0245. The highest BCUT2D eigenvalue weighted by Crippen LogP contribution is 2.27. The Labute approximate surface area is 527 Å². The van der Waals surface area contributed by atoms with Crippen LogP contribution in [0, 0.1) is 11.8 Å². The van der Waals surface area contributed by atoms with Crippen molar-refractivity contribution in [2.24, 2.45) is 17.6 Å². The van der Waals surface area contributed by atoms with Crippen molar-refractivity contribution in [3.05, 3.63) is 18.2 Å². The fraction of sp³-hybridized carbons (Fsp3) is 0.673. The van der Waals surface area contributed by atoms with Gasteiger partial charge in [-0.05, 0) is 56.9 Å². The summed E-state index contributed by atoms with van der Waals surface area (Å²) in [5.74, 6) is -15.6. The largest absolute Gasteiger partial charge is 0.480 e. The number of imidazole rings is 1. The maximum absolute atomic E-state index is 14.8. The van der Waals surface area contributed by atoms with E-state index in [0.29, 0.717) is 18.5 Å². The lowest BCUT2D eigenvalue weighted by molar-refractivity contribution is -0.146. The zero-order valence-electron chi connectivity index (χ0n) is 49.4. The van der Waals surface area contributed by atoms with E-state index in [1.165, 1.54) is 12.5 Å². The van der Waals surface area contributed by atoms with E-state index in [4.69, 9.17) is 5.73 Å². The smallest absolute Gasteiger partial charge is 0.327 e. The van der Waals surface area contributed by atoms with Gasteiger partial charge in [-0.2, -0.15) is 0 Å². The Hall–Kier alpha value is -6.93. The lowest BCUT2D eigenvalue weighted by Gasteiger charge is -2.31. The Bertz CT molecular complexity index is 2720. The average molecular weight is 1330 g/mol. The van der Waals surface area contributed by atoms with Gasteiger partial charge < -0.3 is 94.7 Å². The molecule has 5 rings (SSSR count). The SMILES string of the molecule is CC(C)C[C@@H]1NC(=O)[C@H](CCCCN)NC(=O)[C@H](CO)NC(=O)CNC(=O)[C@@H]2CSSC[C@H](NC1=O)C(=O)N[C@@H](Cc1cnc[nH]1)C(=O)N1CC[C@H](O)[C@H]1C(=O)N[C@H](C(=O)O)CSSC[C@H](NC(=O)[C@@H](NC(=O)CNC(=O)[C@@H]1CCC(=O)N1)C(C)C)C(=O)N2. The molecule has 33 nitrogen and oxygen atoms in total. The number of fused-ring (bicyclic) bond motifs is 6. The van der Waals surface area contributed by atoms with Crippen LogP contribution in [0.4, 0.5) is 0 Å². The lowest BCUT2D eigenvalue weighted by Crippen LogP contribution is -2.61. The molecule has 1 aromatic rings. The number of nitrogens with zero attached hydrogens (tertiary/aromatic N) is 2. The number of H-pyrrole nitrogens is 1. The number of unbranched alkanes of at least 4 members (excludes halogenated alkanes) is 1. The monoisotopic (exact) mass is 1330 g/mol. The summed E-state index contributed by atoms with van der Waals surface area (Å²) < 4.78 is 0. The molecule has 0 aromatic carbocycles. The zero-order valence-corrected chi connectivity index (χ0v) is 52.7. The molecule has 4 aliphatic heterocycles. The minimum atomic E-state index is -1.71. The van der Waals surface area contributed by atoms with Crippen molar-refractivity contribution in [2.75, 3.05) is 55.8 Å². The molecule has 1 aromatic heterocycles. The van der Waals surface area contributed by atoms with E-state index in [0.717, 1.165) is 48.1 Å². The number of rotatable bonds is 17. The van der Waals surface area contributed by atoms with Gasteiger partial charge in [0.1, 0.15) is 66.5 Å². The fourth-order valence-corrected chi connectivity index (χ4v) is 14.1. The molecule has 4 fully saturated rings. The number of aliphatic hydroxyl groups excluding tert-OH is 2. The van der Waals surface area contributed by atoms with Crippen LogP contribution < -0.4 is 69.5 Å². The summed E-state index contributed by atoms with van der Waals surface area (Å²) >= 11 is 0. The highest BCUT2D eigenvalue weighted by molar-refractivity contribution is 8.77. The molecule has 0 saturated carbocycles. The van der Waals surface area contributed by atoms with E-state index in [-0.39, 0.29) is 74.9 Å². The highest BCUT2D eigenvalue weighted by Gasteiger charge is 2.45. The van der Waals surface area contributed by atoms with Crippen molar-refractivity contribution in [3.8, 4) is 0 Å². The number of hydrogen-bond donors (Lipinski definition) is 17. The second-order valence-electron chi connectivity index (χ2n) is 22.1. The van der Waals surface area contributed by atoms with Crippen molar-refractivity contribution in [2.45, 2.75) is 152 Å². The number of carboxylic acids is 1. The molecule has 5 heterocycles. The van der Waals surface area contributed by atoms with E-state index >= 15 is 0 Å². The highest BCUT2D eigenvalue weighted by atomic mass is 33.1. The molecule has 18 N–H and O–H groups in total. The third-order valence-electron chi connectivity index (χ3n) is 14.3. The molecule has 4 aliphatic rings. The predicted octanol–water partition coefficient (Wildman–Crippen LogP) is -6.51. The molecule has 89 heavy (non-hydrogen) atoms. The van der Waals surface area contributed by atoms with Crippen molar-refractivity contribution in [1.82, 2.24) is 78.7 Å². The molecule has 0 unspecified atom stereocenters. The lowest BCUT2D eigenvalue weighted by atomic mass is 10.0. The number of carbonyl (C=O) groups excluding carboxylic acids is 13. The summed E-state index contributed by atoms with van der Waals surface area (Å²) in [5, 5.41) is 61.9. The number of aromatic nitrogens is 2. The standard InChI is InChI=1S/C52H80N16O17S4/c1-24(2)13-29-45(77)64-33-20-87-86-19-32(43(75)56-16-38(72)59-31(18-69)46(78)60-27(44(76)61-29)7-5-6-11-53)63-48(80)34(65-49(81)40(25(3)4)67-39(73)17-55-42(74)28-8-9-37(71)58-28)21-88-89-22-35(52(84)85)66-50(82)41-36(70)10-12-68(41)51(83)30(62-47(33)79)14-26-15-54-23-57-26/h15,23-25,27-36,40-41,69-70H,5-14,16-22,53H2,1-4H3,(H,54,57)(H,55,74)(H,56,75)(H,58,71)(H,59,72)(H,60,78)(H,61,76)(H,62,79)(H,63,80)(H,64,77)(H,65,81)(H,66,82)(H,67,73)(H,84,85)/t27-,28-,29-,30-,31-,32-,33-,34-,35-,36-,40-,41-/m0/s1. The molecule has 2 bridgehead atoms. The molecule has 37 heteroatoms. The number of amides is 13. The van der Waals surface area contributed by atoms with Crippen LogP contribution in [-0.4, -0.2) is 241 Å². The topological polar surface area (TPSA) is 502 Å². The summed E-state index contributed by atoms with van der Waals surface area (Å²) in [6.07, 6.45) is 1.69. The zero-order chi connectivity index (χ0) is 65.5. The van der Waals surface area contributed by atoms with Gasteiger partial charge in [0.15, 0.2) is 0 Å². The Morgan fingerprint density at radius 2 is 1.35 bits per heavy atom. The second-order valence-corrected chi connectivity index (χ2v) is 27.2. The number of nitrogens with two attached hydrogens (primary N) is 1. The van der Waals surface area contributed by atoms with Crippen LogP contribution >= 0.6 is 43.2 Å². The molecule has 494 valence electrons. The Kier molecular flexibility index (Phi) is 29.5. The number of aliphatic hydroxyl groups is 2. The molecular weight excluding hydrogens is 1250 g/mol. The number of aliphatic carboxylic acids is 1. The van der Waals surface area contributed by atoms with Gasteiger partial charge >= 0.3 is 5.97 Å². The summed E-state index contributed by atoms with van der Waals surface area (Å²) in [5.41, 5.74) is 6.05. The maximum Gasteiger partial charge on any atom is 0.327 e. The Morgan fingerprint density at radius 1 is 0.708 bits per heavy atom. The number of aromatic amines is 1.